The monoisotopic (exact) mass is 280 g/mol. The van der Waals surface area contributed by atoms with Crippen LogP contribution in [0.5, 0.6) is 5.75 Å². The summed E-state index contributed by atoms with van der Waals surface area (Å²) in [5.41, 5.74) is 2.87. The molecule has 1 aromatic carbocycles. The fourth-order valence-corrected chi connectivity index (χ4v) is 1.24. The summed E-state index contributed by atoms with van der Waals surface area (Å²) in [5.74, 6) is -2.28. The Morgan fingerprint density at radius 3 is 2.47 bits per heavy atom. The molecular weight excluding hydrogens is 273 g/mol. The largest absolute Gasteiger partial charge is 0.478 e. The van der Waals surface area contributed by atoms with Crippen LogP contribution in [0.3, 0.4) is 0 Å². The predicted octanol–water partition coefficient (Wildman–Crippen LogP) is 1.82. The molecule has 7 nitrogen and oxygen atoms in total. The zero-order valence-corrected chi connectivity index (χ0v) is 9.10. The van der Waals surface area contributed by atoms with Gasteiger partial charge in [-0.3, -0.25) is 10.1 Å². The van der Waals surface area contributed by atoms with E-state index in [1.807, 2.05) is 0 Å². The van der Waals surface area contributed by atoms with Gasteiger partial charge in [0.05, 0.1) is 10.5 Å². The van der Waals surface area contributed by atoms with Crippen molar-refractivity contribution in [1.29, 1.82) is 0 Å². The number of benzene rings is 1. The van der Waals surface area contributed by atoms with Crippen LogP contribution in [-0.2, 0) is 0 Å². The normalized spacial score (nSPS) is 11.1. The fourth-order valence-electron chi connectivity index (χ4n) is 1.24. The fraction of sp³-hybridized carbons (Fsp3) is 0.222. The van der Waals surface area contributed by atoms with Crippen LogP contribution in [-0.4, -0.2) is 28.8 Å². The lowest BCUT2D eigenvalue weighted by Gasteiger charge is -2.11. The van der Waals surface area contributed by atoms with Crippen molar-refractivity contribution in [2.75, 3.05) is 12.3 Å². The number of carbonyl (C=O) groups is 1. The number of hydrogen-bond donors (Lipinski definition) is 2. The Balaban J connectivity index is 3.23. The first kappa shape index (κ1) is 14.5. The first-order chi connectivity index (χ1) is 8.63. The van der Waals surface area contributed by atoms with E-state index in [1.165, 1.54) is 0 Å². The Morgan fingerprint density at radius 1 is 1.47 bits per heavy atom. The zero-order valence-electron chi connectivity index (χ0n) is 9.10. The summed E-state index contributed by atoms with van der Waals surface area (Å²) in [6.07, 6.45) is -4.69. The molecule has 0 bridgehead atoms. The molecule has 0 heterocycles. The summed E-state index contributed by atoms with van der Waals surface area (Å²) in [5, 5.41) is 19.4. The highest BCUT2D eigenvalue weighted by molar-refractivity contribution is 5.97. The molecule has 1 rings (SSSR count). The minimum atomic E-state index is -4.69. The molecule has 0 aliphatic rings. The molecule has 0 unspecified atom stereocenters. The Kier molecular flexibility index (Phi) is 3.83. The molecule has 0 radical (unpaired) electrons. The minimum absolute atomic E-state index is 0.592. The number of nitrogens with two attached hydrogens (primary N) is 1. The van der Waals surface area contributed by atoms with E-state index in [0.29, 0.717) is 0 Å². The second-order valence-electron chi connectivity index (χ2n) is 3.34. The molecule has 10 heteroatoms. The Morgan fingerprint density at radius 2 is 2.05 bits per heavy atom. The Hall–Kier alpha value is -2.52. The van der Waals surface area contributed by atoms with Gasteiger partial charge in [0.15, 0.2) is 12.4 Å². The van der Waals surface area contributed by atoms with Gasteiger partial charge in [0.1, 0.15) is 5.69 Å². The van der Waals surface area contributed by atoms with Gasteiger partial charge in [-0.05, 0) is 12.1 Å². The van der Waals surface area contributed by atoms with Crippen molar-refractivity contribution in [1.82, 2.24) is 0 Å². The van der Waals surface area contributed by atoms with Crippen molar-refractivity contribution in [3.63, 3.8) is 0 Å². The van der Waals surface area contributed by atoms with E-state index in [-0.39, 0.29) is 0 Å². The Bertz CT molecular complexity index is 529. The first-order valence-electron chi connectivity index (χ1n) is 4.63. The molecule has 1 aromatic rings. The van der Waals surface area contributed by atoms with Crippen LogP contribution in [0.4, 0.5) is 24.5 Å². The standard InChI is InChI=1S/C9H7F3N2O5/c10-9(11,12)3-19-5-2-1-4(8(15)16)6(13)7(5)14(17)18/h1-2H,3,13H2,(H,15,16). The van der Waals surface area contributed by atoms with Gasteiger partial charge in [-0.2, -0.15) is 13.2 Å². The lowest BCUT2D eigenvalue weighted by molar-refractivity contribution is -0.385. The van der Waals surface area contributed by atoms with Crippen LogP contribution >= 0.6 is 0 Å². The molecule has 0 aliphatic carbocycles. The molecule has 0 atom stereocenters. The number of aromatic carboxylic acids is 1. The number of nitro benzene ring substituents is 1. The molecule has 0 spiro atoms. The second-order valence-corrected chi connectivity index (χ2v) is 3.34. The van der Waals surface area contributed by atoms with Crippen molar-refractivity contribution >= 4 is 17.3 Å². The molecule has 3 N–H and O–H groups in total. The summed E-state index contributed by atoms with van der Waals surface area (Å²) in [4.78, 5) is 20.3. The van der Waals surface area contributed by atoms with Gasteiger partial charge in [0.2, 0.25) is 0 Å². The van der Waals surface area contributed by atoms with Gasteiger partial charge in [0, 0.05) is 0 Å². The maximum atomic E-state index is 12.0. The number of nitrogens with zero attached hydrogens (tertiary/aromatic N) is 1. The van der Waals surface area contributed by atoms with Crippen LogP contribution in [0.25, 0.3) is 0 Å². The summed E-state index contributed by atoms with van der Waals surface area (Å²) >= 11 is 0. The molecular formula is C9H7F3N2O5. The van der Waals surface area contributed by atoms with Crippen molar-refractivity contribution in [2.45, 2.75) is 6.18 Å². The molecule has 104 valence electrons. The molecule has 19 heavy (non-hydrogen) atoms. The molecule has 0 saturated heterocycles. The van der Waals surface area contributed by atoms with Crippen LogP contribution in [0.2, 0.25) is 0 Å². The number of carboxylic acids is 1. The topological polar surface area (TPSA) is 116 Å². The molecule has 0 aromatic heterocycles. The molecule has 0 fully saturated rings. The van der Waals surface area contributed by atoms with Crippen LogP contribution in [0.1, 0.15) is 10.4 Å². The SMILES string of the molecule is Nc1c(C(=O)O)ccc(OCC(F)(F)F)c1[N+](=O)[O-]. The van der Waals surface area contributed by atoms with E-state index in [2.05, 4.69) is 4.74 Å². The smallest absolute Gasteiger partial charge is 0.422 e. The zero-order chi connectivity index (χ0) is 14.8. The quantitative estimate of drug-likeness (QED) is 0.493. The minimum Gasteiger partial charge on any atom is -0.478 e. The molecule has 0 aliphatic heterocycles. The van der Waals surface area contributed by atoms with E-state index in [4.69, 9.17) is 10.8 Å². The number of nitro groups is 1. The van der Waals surface area contributed by atoms with E-state index in [0.717, 1.165) is 12.1 Å². The number of ether oxygens (including phenoxy) is 1. The van der Waals surface area contributed by atoms with Crippen molar-refractivity contribution in [2.24, 2.45) is 0 Å². The van der Waals surface area contributed by atoms with Crippen LogP contribution in [0, 0.1) is 10.1 Å². The Labute approximate surface area is 103 Å². The number of hydrogen-bond acceptors (Lipinski definition) is 5. The highest BCUT2D eigenvalue weighted by Crippen LogP contribution is 2.36. The van der Waals surface area contributed by atoms with Gasteiger partial charge >= 0.3 is 17.8 Å². The third-order valence-corrected chi connectivity index (χ3v) is 1.98. The van der Waals surface area contributed by atoms with Gasteiger partial charge in [-0.1, -0.05) is 0 Å². The highest BCUT2D eigenvalue weighted by atomic mass is 19.4. The average Bonchev–Trinajstić information content (AvgIpc) is 2.24. The van der Waals surface area contributed by atoms with E-state index < -0.39 is 46.4 Å². The van der Waals surface area contributed by atoms with Crippen LogP contribution in [0.15, 0.2) is 12.1 Å². The predicted molar refractivity (Wildman–Crippen MR) is 56.0 cm³/mol. The third kappa shape index (κ3) is 3.47. The van der Waals surface area contributed by atoms with Gasteiger partial charge in [-0.25, -0.2) is 4.79 Å². The summed E-state index contributed by atoms with van der Waals surface area (Å²) in [6.45, 7) is -1.75. The molecule has 0 saturated carbocycles. The van der Waals surface area contributed by atoms with Gasteiger partial charge in [0.25, 0.3) is 0 Å². The lowest BCUT2D eigenvalue weighted by atomic mass is 10.1. The van der Waals surface area contributed by atoms with Crippen molar-refractivity contribution in [3.05, 3.63) is 27.8 Å². The van der Waals surface area contributed by atoms with Gasteiger partial charge < -0.3 is 15.6 Å². The summed E-state index contributed by atoms with van der Waals surface area (Å²) < 4.78 is 40.1. The third-order valence-electron chi connectivity index (χ3n) is 1.98. The van der Waals surface area contributed by atoms with Gasteiger partial charge in [-0.15, -0.1) is 0 Å². The lowest BCUT2D eigenvalue weighted by Crippen LogP contribution is -2.20. The summed E-state index contributed by atoms with van der Waals surface area (Å²) in [6, 6.07) is 1.58. The number of nitrogen functional groups attached to an aromatic ring is 1. The summed E-state index contributed by atoms with van der Waals surface area (Å²) in [7, 11) is 0. The number of halogens is 3. The first-order valence-corrected chi connectivity index (χ1v) is 4.63. The van der Waals surface area contributed by atoms with E-state index >= 15 is 0 Å². The molecule has 0 amide bonds. The number of rotatable bonds is 4. The average molecular weight is 280 g/mol. The van der Waals surface area contributed by atoms with Crippen LogP contribution < -0.4 is 10.5 Å². The number of anilines is 1. The van der Waals surface area contributed by atoms with Crippen molar-refractivity contribution < 1.29 is 32.7 Å². The van der Waals surface area contributed by atoms with E-state index in [9.17, 15) is 28.1 Å². The van der Waals surface area contributed by atoms with Crippen molar-refractivity contribution in [3.8, 4) is 5.75 Å². The number of alkyl halides is 3. The number of carboxylic acid groups (broad SMARTS) is 1. The van der Waals surface area contributed by atoms with E-state index in [1.54, 1.807) is 0 Å². The maximum Gasteiger partial charge on any atom is 0.422 e. The highest BCUT2D eigenvalue weighted by Gasteiger charge is 2.31. The second kappa shape index (κ2) is 5.00. The maximum absolute atomic E-state index is 12.0.